The largest absolute Gasteiger partial charge is 0.407 e. The van der Waals surface area contributed by atoms with Crippen LogP contribution in [-0.2, 0) is 23.7 Å². The summed E-state index contributed by atoms with van der Waals surface area (Å²) in [4.78, 5) is 3.14. The Kier molecular flexibility index (Phi) is 62.0. The third kappa shape index (κ3) is 58.4. The van der Waals surface area contributed by atoms with Crippen LogP contribution in [0.15, 0.2) is 115 Å². The second-order valence-corrected chi connectivity index (χ2v) is 40.7. The molecule has 17 nitrogen and oxygen atoms in total. The normalized spacial score (nSPS) is 18.8. The molecule has 0 radical (unpaired) electrons. The molecule has 5 aliphatic heterocycles. The standard InChI is InChI=1S/C12H13F3N2.2C12H16F3N.C11H13ClF3N.C11H12F5N.C10H18F3NO.C9H17F2N.C8H17NO.C7H15NO.C6H11F2NO.C6H13NO/c1-8(2)17-11(12(13,14)15)9-4-6-10(16-3)7-5-9;1-8(2)16-11(12(13,14)15)10-6-4-9(3)5-7-10;1-8(2)16-11(12(13,14)15)10-6-4-5-9(3)7-10;1-7(2)16-10(11(13,14)15)8-3-5-9(12)6-4-8;1-6(2)17-10(11(14,15)16)7-3-4-8(12)9(13)5-7;1-7(2)14-9(10(11,12)13)8-3-5-15-6-4-8;1-7(2)12-8-5-3-4-6-9(8,10)11;1-7(2)9-8-3-5-10-6-4-8;1-6(2)8-7(3)4-9-5-7;1-4(2)9-5-3-10-6(5,7)8;1-5(2)7-6-3-8-4-6/h4-8,11,17H,1-2H3;2*4-8,11,16H,1-3H3;3-7,10,16H,1-2H3;3-6,10,17H,1-2H3;7-9,14H,3-6H2,1-2H3;7-8,12H,3-6H2,1-2H3;7-9H,3-6H2,1-2H3;6,8H,4-5H2,1-3H3;4-5,9H,3H2,1-2H3;5-7H,3-4H2,1-2H3. The minimum Gasteiger partial charge on any atom is -0.381 e. The van der Waals surface area contributed by atoms with Crippen molar-refractivity contribution in [1.29, 1.82) is 0 Å². The van der Waals surface area contributed by atoms with Gasteiger partial charge in [0.25, 0.3) is 5.92 Å². The summed E-state index contributed by atoms with van der Waals surface area (Å²) in [6, 6.07) is 16.7. The summed E-state index contributed by atoms with van der Waals surface area (Å²) in [5.74, 6) is -5.29. The van der Waals surface area contributed by atoms with Crippen molar-refractivity contribution in [2.75, 3.05) is 59.5 Å². The van der Waals surface area contributed by atoms with Gasteiger partial charge in [-0.1, -0.05) is 272 Å². The average molecular weight is 2150 g/mol. The number of halogens is 25. The van der Waals surface area contributed by atoms with E-state index in [1.54, 1.807) is 120 Å². The summed E-state index contributed by atoms with van der Waals surface area (Å²) >= 11 is 5.63. The van der Waals surface area contributed by atoms with Crippen molar-refractivity contribution in [3.05, 3.63) is 182 Å². The van der Waals surface area contributed by atoms with Crippen molar-refractivity contribution in [2.45, 2.75) is 406 Å². The van der Waals surface area contributed by atoms with E-state index >= 15 is 0 Å². The van der Waals surface area contributed by atoms with Gasteiger partial charge in [0, 0.05) is 110 Å². The van der Waals surface area contributed by atoms with Crippen LogP contribution in [0.25, 0.3) is 4.85 Å². The van der Waals surface area contributed by atoms with Gasteiger partial charge < -0.3 is 82.2 Å². The highest BCUT2D eigenvalue weighted by Crippen LogP contribution is 2.41. The first kappa shape index (κ1) is 138. The maximum atomic E-state index is 13.2. The van der Waals surface area contributed by atoms with Crippen LogP contribution < -0.4 is 58.5 Å². The van der Waals surface area contributed by atoms with Gasteiger partial charge in [0.2, 0.25) is 0 Å². The van der Waals surface area contributed by atoms with Crippen LogP contribution in [0.5, 0.6) is 0 Å². The van der Waals surface area contributed by atoms with E-state index in [1.165, 1.54) is 79.6 Å². The Morgan fingerprint density at radius 3 is 1.01 bits per heavy atom. The van der Waals surface area contributed by atoms with E-state index in [0.717, 1.165) is 63.3 Å². The molecule has 11 rings (SSSR count). The highest BCUT2D eigenvalue weighted by atomic mass is 35.5. The monoisotopic (exact) mass is 2150 g/mol. The Balaban J connectivity index is 0.000000809. The highest BCUT2D eigenvalue weighted by Gasteiger charge is 2.52. The van der Waals surface area contributed by atoms with E-state index in [0.29, 0.717) is 91.9 Å². The van der Waals surface area contributed by atoms with Crippen LogP contribution in [0, 0.1) is 38.0 Å². The smallest absolute Gasteiger partial charge is 0.381 e. The van der Waals surface area contributed by atoms with Gasteiger partial charge in [0.05, 0.1) is 57.2 Å². The van der Waals surface area contributed by atoms with Crippen molar-refractivity contribution in [2.24, 2.45) is 5.92 Å². The average Bonchev–Trinajstić information content (AvgIpc) is 0.804. The zero-order chi connectivity index (χ0) is 112. The molecule has 146 heavy (non-hydrogen) atoms. The molecule has 8 atom stereocenters. The number of rotatable bonds is 28. The van der Waals surface area contributed by atoms with Crippen molar-refractivity contribution in [3.63, 3.8) is 0 Å². The van der Waals surface area contributed by atoms with Gasteiger partial charge in [0.1, 0.15) is 42.3 Å². The van der Waals surface area contributed by atoms with Gasteiger partial charge in [-0.15, -0.1) is 0 Å². The van der Waals surface area contributed by atoms with Gasteiger partial charge in [0.15, 0.2) is 17.3 Å². The summed E-state index contributed by atoms with van der Waals surface area (Å²) in [5, 5.41) is 31.2. The molecular weight excluding hydrogens is 1990 g/mol. The van der Waals surface area contributed by atoms with Crippen molar-refractivity contribution in [3.8, 4) is 0 Å². The van der Waals surface area contributed by atoms with Crippen molar-refractivity contribution in [1.82, 2.24) is 58.5 Å². The van der Waals surface area contributed by atoms with Gasteiger partial charge in [-0.3, -0.25) is 0 Å². The molecule has 0 amide bonds. The number of alkyl halides is 22. The summed E-state index contributed by atoms with van der Waals surface area (Å²) in [5.41, 5.74) is 2.86. The molecule has 6 fully saturated rings. The molecule has 5 aromatic rings. The lowest BCUT2D eigenvalue weighted by atomic mass is 9.91. The predicted molar refractivity (Wildman–Crippen MR) is 531 cm³/mol. The highest BCUT2D eigenvalue weighted by molar-refractivity contribution is 6.30. The van der Waals surface area contributed by atoms with Gasteiger partial charge >= 0.3 is 43.2 Å². The van der Waals surface area contributed by atoms with Crippen LogP contribution in [0.2, 0.25) is 5.02 Å². The molecule has 6 aliphatic rings. The van der Waals surface area contributed by atoms with Gasteiger partial charge in [-0.25, -0.2) is 22.4 Å². The predicted octanol–water partition coefficient (Wildman–Crippen LogP) is 26.7. The summed E-state index contributed by atoms with van der Waals surface area (Å²) in [7, 11) is 0. The van der Waals surface area contributed by atoms with E-state index in [9.17, 15) is 105 Å². The van der Waals surface area contributed by atoms with E-state index < -0.39 is 115 Å². The first-order valence-corrected chi connectivity index (χ1v) is 49.8. The molecule has 42 heteroatoms. The molecule has 8 unspecified atom stereocenters. The molecule has 0 spiro atoms. The zero-order valence-electron chi connectivity index (χ0n) is 88.6. The summed E-state index contributed by atoms with van der Waals surface area (Å²) < 4.78 is 331. The van der Waals surface area contributed by atoms with E-state index in [2.05, 4.69) is 117 Å². The number of aryl methyl sites for hydroxylation is 2. The fraction of sp³-hybridized carbons (Fsp3) is 0.702. The maximum Gasteiger partial charge on any atom is 0.407 e. The molecule has 11 N–H and O–H groups in total. The SMILES string of the molecule is CC(C)NC(C1CCOCC1)C(F)(F)F.CC(C)NC(c1ccc(Cl)cc1)C(F)(F)F.CC(C)NC(c1ccc(F)c(F)c1)C(F)(F)F.CC(C)NC1(C)COC1.CC(C)NC1CCCCC1(F)F.CC(C)NC1CCOCC1.CC(C)NC1COC1.CC(C)NC1COC1(F)F.Cc1ccc(C(NC(C)C)C(F)(F)F)cc1.Cc1cccc(C(NC(C)C)C(F)(F)F)c1.[C-]#[N+]c1ccc(C(NC(C)C)C(F)(F)F)cc1. The number of hydrogen-bond donors (Lipinski definition) is 11. The quantitative estimate of drug-likeness (QED) is 0.0168. The molecular formula is C104H161ClF24N12O5. The zero-order valence-corrected chi connectivity index (χ0v) is 89.4. The Morgan fingerprint density at radius 2 is 0.719 bits per heavy atom. The lowest BCUT2D eigenvalue weighted by molar-refractivity contribution is -0.335. The van der Waals surface area contributed by atoms with Crippen molar-refractivity contribution >= 4 is 17.3 Å². The fourth-order valence-electron chi connectivity index (χ4n) is 15.0. The first-order chi connectivity index (χ1) is 67.1. The lowest BCUT2D eigenvalue weighted by Gasteiger charge is -2.40. The molecule has 5 aromatic carbocycles. The Labute approximate surface area is 854 Å². The number of ether oxygens (including phenoxy) is 5. The minimum atomic E-state index is -4.56. The number of benzene rings is 5. The summed E-state index contributed by atoms with van der Waals surface area (Å²) in [6.45, 7) is 59.5. The third-order valence-corrected chi connectivity index (χ3v) is 21.8. The van der Waals surface area contributed by atoms with Crippen LogP contribution in [0.4, 0.5) is 111 Å². The molecule has 5 saturated heterocycles. The molecule has 0 bridgehead atoms. The fourth-order valence-corrected chi connectivity index (χ4v) is 15.2. The molecule has 1 saturated carbocycles. The van der Waals surface area contributed by atoms with E-state index in [-0.39, 0.29) is 94.6 Å². The van der Waals surface area contributed by atoms with Crippen LogP contribution >= 0.6 is 11.6 Å². The second-order valence-electron chi connectivity index (χ2n) is 40.3. The van der Waals surface area contributed by atoms with E-state index in [1.807, 2.05) is 34.6 Å². The molecule has 1 aliphatic carbocycles. The first-order valence-electron chi connectivity index (χ1n) is 49.4. The van der Waals surface area contributed by atoms with Gasteiger partial charge in [-0.2, -0.15) is 87.8 Å². The minimum absolute atomic E-state index is 0.0530. The van der Waals surface area contributed by atoms with Gasteiger partial charge in [-0.05, 0) is 117 Å². The topological polar surface area (TPSA) is 183 Å². The number of nitrogens with zero attached hydrogens (tertiary/aromatic N) is 1. The van der Waals surface area contributed by atoms with Crippen molar-refractivity contribution < 1.29 is 129 Å². The lowest BCUT2D eigenvalue weighted by Crippen LogP contribution is -2.60. The number of nitrogens with one attached hydrogen (secondary N) is 11. The molecule has 842 valence electrons. The summed E-state index contributed by atoms with van der Waals surface area (Å²) in [6.07, 6.45) is -23.2. The Bertz CT molecular complexity index is 4240. The third-order valence-electron chi connectivity index (χ3n) is 21.5. The van der Waals surface area contributed by atoms with Crippen LogP contribution in [0.3, 0.4) is 0 Å². The Morgan fingerprint density at radius 1 is 0.356 bits per heavy atom. The maximum absolute atomic E-state index is 13.2. The molecule has 5 heterocycles. The molecule has 0 aromatic heterocycles. The number of hydrogen-bond acceptors (Lipinski definition) is 16. The van der Waals surface area contributed by atoms with Crippen LogP contribution in [-0.4, -0.2) is 211 Å². The second kappa shape index (κ2) is 65.8. The Hall–Kier alpha value is -6.44. The van der Waals surface area contributed by atoms with E-state index in [4.69, 9.17) is 37.1 Å². The van der Waals surface area contributed by atoms with Crippen LogP contribution in [0.1, 0.15) is 280 Å².